The Hall–Kier alpha value is -0.833. The second kappa shape index (κ2) is 1.32. The van der Waals surface area contributed by atoms with Gasteiger partial charge in [0.1, 0.15) is 0 Å². The van der Waals surface area contributed by atoms with Gasteiger partial charge in [0, 0.05) is 0 Å². The highest BCUT2D eigenvalue weighted by Crippen LogP contribution is 2.02. The first-order chi connectivity index (χ1) is 3.97. The van der Waals surface area contributed by atoms with Crippen molar-refractivity contribution in [1.82, 2.24) is 0 Å². The minimum atomic E-state index is -0.763. The Bertz CT molecular complexity index is 253. The third kappa shape index (κ3) is 0.390. The summed E-state index contributed by atoms with van der Waals surface area (Å²) in [6, 6.07) is 5.88. The normalized spacial score (nSPS) is 10.5. The van der Waals surface area contributed by atoms with Crippen molar-refractivity contribution in [1.29, 1.82) is 0 Å². The molecule has 2 rings (SSSR count). The SMILES string of the molecule is c1cc[si]2ooc2c1. The topological polar surface area (TPSA) is 26.3 Å². The first-order valence-electron chi connectivity index (χ1n) is 2.40. The zero-order valence-electron chi connectivity index (χ0n) is 4.13. The van der Waals surface area contributed by atoms with Crippen LogP contribution < -0.4 is 0 Å². The summed E-state index contributed by atoms with van der Waals surface area (Å²) in [6.07, 6.45) is 0. The molecule has 0 radical (unpaired) electrons. The molecule has 0 spiro atoms. The predicted molar refractivity (Wildman–Crippen MR) is 29.9 cm³/mol. The highest BCUT2D eigenvalue weighted by Gasteiger charge is 2.00. The molecule has 40 valence electrons. The van der Waals surface area contributed by atoms with Crippen LogP contribution in [0.3, 0.4) is 0 Å². The van der Waals surface area contributed by atoms with Crippen LogP contribution in [0.5, 0.6) is 0 Å². The second-order valence-electron chi connectivity index (χ2n) is 1.61. The fraction of sp³-hybridized carbons (Fsp3) is 0. The van der Waals surface area contributed by atoms with Crippen LogP contribution in [0.4, 0.5) is 0 Å². The Balaban J connectivity index is 2.88. The fourth-order valence-corrected chi connectivity index (χ4v) is 1.69. The first kappa shape index (κ1) is 4.09. The van der Waals surface area contributed by atoms with Crippen LogP contribution in [-0.4, -0.2) is 8.45 Å². The molecule has 2 aromatic heterocycles. The van der Waals surface area contributed by atoms with Gasteiger partial charge in [-0.25, -0.2) is 0 Å². The smallest absolute Gasteiger partial charge is 0.359 e. The predicted octanol–water partition coefficient (Wildman–Crippen LogP) is 1.35. The highest BCUT2D eigenvalue weighted by atomic mass is 28.2. The van der Waals surface area contributed by atoms with E-state index < -0.39 is 8.45 Å². The number of hydrogen-bond acceptors (Lipinski definition) is 2. The van der Waals surface area contributed by atoms with Crippen LogP contribution in [0, 0.1) is 0 Å². The Morgan fingerprint density at radius 3 is 2.75 bits per heavy atom. The van der Waals surface area contributed by atoms with E-state index in [4.69, 9.17) is 4.26 Å². The van der Waals surface area contributed by atoms with Gasteiger partial charge in [-0.2, -0.15) is 0 Å². The van der Waals surface area contributed by atoms with Gasteiger partial charge in [-0.05, 0) is 11.7 Å². The number of rotatable bonds is 0. The van der Waals surface area contributed by atoms with Gasteiger partial charge in [-0.15, -0.1) is 0 Å². The van der Waals surface area contributed by atoms with Gasteiger partial charge in [0.15, 0.2) is 0 Å². The third-order valence-electron chi connectivity index (χ3n) is 1.07. The van der Waals surface area contributed by atoms with Crippen LogP contribution >= 0.6 is 0 Å². The van der Waals surface area contributed by atoms with Gasteiger partial charge in [0.05, 0.1) is 0 Å². The Kier molecular flexibility index (Phi) is 0.674. The third-order valence-corrected chi connectivity index (χ3v) is 2.56. The van der Waals surface area contributed by atoms with E-state index in [1.807, 2.05) is 23.9 Å². The molecule has 0 fully saturated rings. The molecule has 3 heteroatoms. The van der Waals surface area contributed by atoms with Crippen LogP contribution in [0.25, 0.3) is 5.19 Å². The van der Waals surface area contributed by atoms with Crippen LogP contribution in [0.2, 0.25) is 0 Å². The maximum absolute atomic E-state index is 4.76. The lowest BCUT2D eigenvalue weighted by Gasteiger charge is -1.92. The van der Waals surface area contributed by atoms with Crippen LogP contribution in [0.1, 0.15) is 0 Å². The van der Waals surface area contributed by atoms with Crippen molar-refractivity contribution in [3.63, 3.8) is 0 Å². The molecule has 0 atom stereocenters. The molecule has 0 aliphatic heterocycles. The zero-order chi connectivity index (χ0) is 5.40. The van der Waals surface area contributed by atoms with Crippen molar-refractivity contribution in [2.75, 3.05) is 0 Å². The largest absolute Gasteiger partial charge is 0.384 e. The lowest BCUT2D eigenvalue weighted by molar-refractivity contribution is 0.0897. The summed E-state index contributed by atoms with van der Waals surface area (Å²) in [7, 11) is -0.763. The summed E-state index contributed by atoms with van der Waals surface area (Å²) in [6.45, 7) is 0. The second-order valence-corrected chi connectivity index (χ2v) is 3.33. The average Bonchev–Trinajstić information content (AvgIpc) is 1.72. The van der Waals surface area contributed by atoms with E-state index in [9.17, 15) is 0 Å². The summed E-state index contributed by atoms with van der Waals surface area (Å²) in [5.41, 5.74) is 2.05. The highest BCUT2D eigenvalue weighted by molar-refractivity contribution is 6.50. The Morgan fingerprint density at radius 1 is 1.38 bits per heavy atom. The molecule has 0 saturated carbocycles. The summed E-state index contributed by atoms with van der Waals surface area (Å²) < 4.78 is 9.42. The molecular formula is C5H4O2Si. The lowest BCUT2D eigenvalue weighted by Crippen LogP contribution is -1.89. The van der Waals surface area contributed by atoms with E-state index in [1.54, 1.807) is 0 Å². The molecule has 8 heavy (non-hydrogen) atoms. The molecule has 0 aromatic carbocycles. The van der Waals surface area contributed by atoms with Crippen molar-refractivity contribution in [2.45, 2.75) is 0 Å². The summed E-state index contributed by atoms with van der Waals surface area (Å²) in [5.74, 6) is 0. The monoisotopic (exact) mass is 124 g/mol. The minimum Gasteiger partial charge on any atom is -0.359 e. The van der Waals surface area contributed by atoms with Crippen molar-refractivity contribution in [3.8, 4) is 0 Å². The summed E-state index contributed by atoms with van der Waals surface area (Å²) in [5, 5.41) is 1.01. The molecule has 2 aromatic rings. The van der Waals surface area contributed by atoms with Gasteiger partial charge in [-0.3, -0.25) is 0 Å². The van der Waals surface area contributed by atoms with E-state index in [1.165, 1.54) is 0 Å². The maximum atomic E-state index is 4.76. The molecule has 0 saturated heterocycles. The summed E-state index contributed by atoms with van der Waals surface area (Å²) in [4.78, 5) is 0. The number of fused-ring (bicyclic) bond motifs is 1. The maximum Gasteiger partial charge on any atom is 0.384 e. The van der Waals surface area contributed by atoms with Gasteiger partial charge in [-0.1, -0.05) is 12.1 Å². The molecule has 0 amide bonds. The summed E-state index contributed by atoms with van der Waals surface area (Å²) >= 11 is 0. The lowest BCUT2D eigenvalue weighted by atomic mass is 10.6. The Labute approximate surface area is 47.3 Å². The fourth-order valence-electron chi connectivity index (χ4n) is 0.644. The quantitative estimate of drug-likeness (QED) is 0.391. The van der Waals surface area contributed by atoms with Gasteiger partial charge in [0.2, 0.25) is 5.19 Å². The standard InChI is InChI=1S/C5H4O2Si/c1-2-4-8-5(3-1)6-7-8/h1-4H. The molecule has 0 aliphatic carbocycles. The van der Waals surface area contributed by atoms with E-state index in [0.717, 1.165) is 5.19 Å². The molecule has 0 unspecified atom stereocenters. The first-order valence-corrected chi connectivity index (χ1v) is 3.89. The van der Waals surface area contributed by atoms with Crippen LogP contribution in [0.15, 0.2) is 32.7 Å². The van der Waals surface area contributed by atoms with Crippen molar-refractivity contribution in [3.05, 3.63) is 23.9 Å². The van der Waals surface area contributed by atoms with Gasteiger partial charge >= 0.3 is 8.45 Å². The average molecular weight is 124 g/mol. The van der Waals surface area contributed by atoms with E-state index >= 15 is 0 Å². The van der Waals surface area contributed by atoms with E-state index in [-0.39, 0.29) is 0 Å². The molecular weight excluding hydrogens is 120 g/mol. The molecule has 2 nitrogen and oxygen atoms in total. The van der Waals surface area contributed by atoms with Gasteiger partial charge < -0.3 is 8.83 Å². The zero-order valence-corrected chi connectivity index (χ0v) is 5.13. The van der Waals surface area contributed by atoms with Crippen molar-refractivity contribution < 1.29 is 8.83 Å². The van der Waals surface area contributed by atoms with Crippen LogP contribution in [-0.2, 0) is 0 Å². The van der Waals surface area contributed by atoms with E-state index in [0.29, 0.717) is 0 Å². The van der Waals surface area contributed by atoms with Gasteiger partial charge in [0.25, 0.3) is 0 Å². The Morgan fingerprint density at radius 2 is 2.38 bits per heavy atom. The minimum absolute atomic E-state index is 0.763. The van der Waals surface area contributed by atoms with Crippen molar-refractivity contribution >= 4 is 13.6 Å². The van der Waals surface area contributed by atoms with Crippen molar-refractivity contribution in [2.24, 2.45) is 0 Å². The molecule has 0 aliphatic rings. The molecule has 0 bridgehead atoms. The van der Waals surface area contributed by atoms with E-state index in [2.05, 4.69) is 4.58 Å². The molecule has 0 N–H and O–H groups in total. The number of hydrogen-bond donors (Lipinski definition) is 0. The molecule has 2 heterocycles.